The van der Waals surface area contributed by atoms with Gasteiger partial charge in [-0.05, 0) is 76.4 Å². The van der Waals surface area contributed by atoms with Gasteiger partial charge in [-0.1, -0.05) is 77.3 Å². The van der Waals surface area contributed by atoms with Crippen molar-refractivity contribution in [2.24, 2.45) is 50.5 Å². The first-order chi connectivity index (χ1) is 39.9. The Hall–Kier alpha value is -7.70. The third kappa shape index (κ3) is 26.3. The Morgan fingerprint density at radius 1 is 0.571 bits per heavy atom. The first kappa shape index (κ1) is 72.4. The summed E-state index contributed by atoms with van der Waals surface area (Å²) >= 11 is 0. The van der Waals surface area contributed by atoms with E-state index in [9.17, 15) is 58.2 Å². The highest BCUT2D eigenvalue weighted by Gasteiger charge is 2.38. The molecule has 1 aliphatic heterocycles. The third-order valence-electron chi connectivity index (χ3n) is 14.3. The summed E-state index contributed by atoms with van der Waals surface area (Å²) in [5, 5.41) is 46.9. The fraction of sp³-hybridized carbons (Fsp3) is 0.667. The molecule has 9 amide bonds. The van der Waals surface area contributed by atoms with Gasteiger partial charge >= 0.3 is 5.97 Å². The number of nitrogens with two attached hydrogens (primary N) is 5. The topological polar surface area (TPSA) is 490 Å². The molecule has 1 aromatic rings. The van der Waals surface area contributed by atoms with E-state index >= 15 is 0 Å². The van der Waals surface area contributed by atoms with Crippen LogP contribution >= 0.6 is 0 Å². The Kier molecular flexibility index (Phi) is 33.6. The third-order valence-corrected chi connectivity index (χ3v) is 14.3. The number of hydrogen-bond acceptors (Lipinski definition) is 16. The van der Waals surface area contributed by atoms with Crippen LogP contribution in [0.5, 0.6) is 0 Å². The molecule has 0 spiro atoms. The Labute approximate surface area is 491 Å². The SMILES string of the molecule is CC[C@H](C)[C@H](NC(=O)[C@H](CC(=O)O)NC(=O)[C@H](C)NC(=O)[C@H](CO)NC(=O)[C@H](CCCN=C(N)N)NC(=O)[C@H](CCCN=C(N)N)NC(=O)[C@H](CCCCN)NC)C(=O)N[C@@H](Cc1ccccc1)C(=O)N[C@H](C(=O)N1CCNCC1)[C@@H](C)CC. The minimum absolute atomic E-state index is 0.00585. The molecule has 30 heteroatoms. The summed E-state index contributed by atoms with van der Waals surface area (Å²) in [6.07, 6.45) is 1.81. The number of carboxylic acids is 1. The number of rotatable bonds is 39. The van der Waals surface area contributed by atoms with Crippen molar-refractivity contribution < 1.29 is 58.2 Å². The summed E-state index contributed by atoms with van der Waals surface area (Å²) in [6.45, 7) is 9.90. The van der Waals surface area contributed by atoms with Gasteiger partial charge in [0.2, 0.25) is 53.2 Å². The molecular formula is C54H94N18O12. The lowest BCUT2D eigenvalue weighted by Gasteiger charge is -2.34. The normalized spacial score (nSPS) is 16.1. The smallest absolute Gasteiger partial charge is 0.305 e. The first-order valence-corrected chi connectivity index (χ1v) is 28.7. The van der Waals surface area contributed by atoms with Crippen LogP contribution in [-0.2, 0) is 54.4 Å². The van der Waals surface area contributed by atoms with Crippen molar-refractivity contribution in [3.05, 3.63) is 35.9 Å². The van der Waals surface area contributed by atoms with Crippen molar-refractivity contribution in [3.8, 4) is 0 Å². The van der Waals surface area contributed by atoms with E-state index in [1.165, 1.54) is 6.92 Å². The fourth-order valence-corrected chi connectivity index (χ4v) is 8.81. The lowest BCUT2D eigenvalue weighted by Crippen LogP contribution is -2.62. The van der Waals surface area contributed by atoms with Gasteiger partial charge in [-0.25, -0.2) is 0 Å². The zero-order valence-electron chi connectivity index (χ0n) is 49.4. The van der Waals surface area contributed by atoms with Crippen LogP contribution in [0, 0.1) is 11.8 Å². The van der Waals surface area contributed by atoms with Crippen LogP contribution < -0.4 is 81.8 Å². The molecule has 30 nitrogen and oxygen atoms in total. The molecule has 1 aromatic carbocycles. The standard InChI is InChI=1S/C54H94N18O12/c1-7-31(3)42(51(83)68-38(28-34-16-10-9-11-17-34)48(80)71-43(32(4)8-2)52(84)72-26-24-61-25-27-72)70-49(81)39(29-41(74)75)67-44(76)33(5)64-50(82)40(30-73)69-47(79)37(20-15-23-63-54(58)59)66-46(78)36(19-14-22-62-53(56)57)65-45(77)35(60-6)18-12-13-21-55/h9-11,16-17,31-33,35-40,42-43,60-61,73H,7-8,12-15,18-30,55H2,1-6H3,(H,64,82)(H,65,77)(H,66,78)(H,67,76)(H,68,83)(H,69,79)(H,70,81)(H,71,80)(H,74,75)(H4,56,57,62)(H4,58,59,63)/t31-,32-,33-,35-,36-,37-,38-,39-,40-,42-,43-/m0/s1. The molecule has 0 saturated carbocycles. The molecule has 0 bridgehead atoms. The average molecular weight is 1190 g/mol. The van der Waals surface area contributed by atoms with E-state index in [0.29, 0.717) is 70.4 Å². The number of carbonyl (C=O) groups excluding carboxylic acids is 9. The lowest BCUT2D eigenvalue weighted by molar-refractivity contribution is -0.142. The van der Waals surface area contributed by atoms with Gasteiger partial charge in [0.1, 0.15) is 48.3 Å². The number of aliphatic hydroxyl groups is 1. The van der Waals surface area contributed by atoms with Crippen molar-refractivity contribution in [2.75, 3.05) is 59.5 Å². The zero-order valence-corrected chi connectivity index (χ0v) is 49.4. The van der Waals surface area contributed by atoms with E-state index in [-0.39, 0.29) is 68.9 Å². The number of unbranched alkanes of at least 4 members (excludes halogenated alkanes) is 1. The van der Waals surface area contributed by atoms with Crippen LogP contribution in [0.3, 0.4) is 0 Å². The second-order valence-corrected chi connectivity index (χ2v) is 20.8. The molecular weight excluding hydrogens is 1090 g/mol. The predicted octanol–water partition coefficient (Wildman–Crippen LogP) is -5.06. The van der Waals surface area contributed by atoms with Crippen molar-refractivity contribution in [2.45, 2.75) is 160 Å². The molecule has 472 valence electrons. The van der Waals surface area contributed by atoms with E-state index in [1.54, 1.807) is 56.1 Å². The summed E-state index contributed by atoms with van der Waals surface area (Å²) in [4.78, 5) is 147. The highest BCUT2D eigenvalue weighted by Crippen LogP contribution is 2.16. The van der Waals surface area contributed by atoms with Gasteiger partial charge in [0.25, 0.3) is 0 Å². The number of carboxylic acid groups (broad SMARTS) is 1. The van der Waals surface area contributed by atoms with E-state index in [4.69, 9.17) is 28.7 Å². The quantitative estimate of drug-likeness (QED) is 0.0167. The number of aliphatic imine (C=N–C) groups is 2. The van der Waals surface area contributed by atoms with Gasteiger partial charge in [0, 0.05) is 45.7 Å². The number of benzene rings is 1. The monoisotopic (exact) mass is 1190 g/mol. The van der Waals surface area contributed by atoms with Crippen LogP contribution in [0.25, 0.3) is 0 Å². The van der Waals surface area contributed by atoms with Gasteiger partial charge in [-0.3, -0.25) is 57.9 Å². The van der Waals surface area contributed by atoms with Gasteiger partial charge < -0.3 is 96.9 Å². The molecule has 2 rings (SSSR count). The second-order valence-electron chi connectivity index (χ2n) is 20.8. The van der Waals surface area contributed by atoms with E-state index in [1.807, 2.05) is 13.8 Å². The number of hydrogen-bond donors (Lipinski definition) is 17. The number of aliphatic hydroxyl groups excluding tert-OH is 1. The van der Waals surface area contributed by atoms with Crippen LogP contribution in [-0.4, -0.2) is 200 Å². The number of guanidine groups is 2. The molecule has 1 fully saturated rings. The van der Waals surface area contributed by atoms with Crippen molar-refractivity contribution >= 4 is 71.1 Å². The number of carbonyl (C=O) groups is 10. The maximum absolute atomic E-state index is 14.3. The lowest BCUT2D eigenvalue weighted by atomic mass is 9.95. The highest BCUT2D eigenvalue weighted by molar-refractivity contribution is 5.99. The summed E-state index contributed by atoms with van der Waals surface area (Å²) in [5.41, 5.74) is 28.2. The largest absolute Gasteiger partial charge is 0.481 e. The molecule has 0 unspecified atom stereocenters. The molecule has 0 aliphatic carbocycles. The maximum atomic E-state index is 14.3. The molecule has 22 N–H and O–H groups in total. The summed E-state index contributed by atoms with van der Waals surface area (Å²) in [6, 6.07) is -3.19. The van der Waals surface area contributed by atoms with Crippen molar-refractivity contribution in [1.82, 2.24) is 58.1 Å². The molecule has 1 saturated heterocycles. The van der Waals surface area contributed by atoms with Gasteiger partial charge in [0.05, 0.1) is 19.1 Å². The van der Waals surface area contributed by atoms with E-state index in [2.05, 4.69) is 63.2 Å². The number of nitrogens with zero attached hydrogens (tertiary/aromatic N) is 3. The Morgan fingerprint density at radius 3 is 1.52 bits per heavy atom. The number of likely N-dealkylation sites (N-methyl/N-ethyl adjacent to an activating group) is 1. The molecule has 0 radical (unpaired) electrons. The first-order valence-electron chi connectivity index (χ1n) is 28.7. The number of amides is 9. The summed E-state index contributed by atoms with van der Waals surface area (Å²) in [7, 11) is 1.58. The maximum Gasteiger partial charge on any atom is 0.305 e. The summed E-state index contributed by atoms with van der Waals surface area (Å²) in [5.74, 6) is -10.1. The molecule has 1 heterocycles. The predicted molar refractivity (Wildman–Crippen MR) is 315 cm³/mol. The van der Waals surface area contributed by atoms with Gasteiger partial charge in [-0.15, -0.1) is 0 Å². The zero-order chi connectivity index (χ0) is 62.9. The molecule has 0 aromatic heterocycles. The number of nitrogens with one attached hydrogen (secondary N) is 10. The Morgan fingerprint density at radius 2 is 1.02 bits per heavy atom. The highest BCUT2D eigenvalue weighted by atomic mass is 16.4. The van der Waals surface area contributed by atoms with Crippen molar-refractivity contribution in [3.63, 3.8) is 0 Å². The van der Waals surface area contributed by atoms with Crippen LogP contribution in [0.15, 0.2) is 40.3 Å². The molecule has 84 heavy (non-hydrogen) atoms. The minimum Gasteiger partial charge on any atom is -0.481 e. The van der Waals surface area contributed by atoms with Crippen LogP contribution in [0.1, 0.15) is 104 Å². The van der Waals surface area contributed by atoms with E-state index < -0.39 is 127 Å². The van der Waals surface area contributed by atoms with Crippen LogP contribution in [0.2, 0.25) is 0 Å². The van der Waals surface area contributed by atoms with Crippen LogP contribution in [0.4, 0.5) is 0 Å². The van der Waals surface area contributed by atoms with E-state index in [0.717, 1.165) is 0 Å². The summed E-state index contributed by atoms with van der Waals surface area (Å²) < 4.78 is 0. The fourth-order valence-electron chi connectivity index (χ4n) is 8.81. The Balaban J connectivity index is 2.34. The molecule has 1 aliphatic rings. The number of aliphatic carboxylic acids is 1. The second kappa shape index (κ2) is 39.0. The van der Waals surface area contributed by atoms with Gasteiger partial charge in [0.15, 0.2) is 11.9 Å². The average Bonchev–Trinajstić information content (AvgIpc) is 3.59. The minimum atomic E-state index is -1.83. The van der Waals surface area contributed by atoms with Crippen molar-refractivity contribution in [1.29, 1.82) is 0 Å². The molecule has 11 atom stereocenters. The Bertz CT molecular complexity index is 2350. The van der Waals surface area contributed by atoms with Gasteiger partial charge in [-0.2, -0.15) is 0 Å². The number of piperazine rings is 1.